The average molecular weight is 274 g/mol. The van der Waals surface area contributed by atoms with E-state index in [0.29, 0.717) is 18.1 Å². The predicted molar refractivity (Wildman–Crippen MR) is 82.2 cm³/mol. The highest BCUT2D eigenvalue weighted by Gasteiger charge is 2.30. The van der Waals surface area contributed by atoms with Gasteiger partial charge in [-0.3, -0.25) is 4.90 Å². The number of fused-ring (bicyclic) bond motifs is 1. The van der Waals surface area contributed by atoms with Crippen molar-refractivity contribution in [2.75, 3.05) is 19.7 Å². The Morgan fingerprint density at radius 3 is 2.90 bits per heavy atom. The number of ether oxygens (including phenoxy) is 1. The summed E-state index contributed by atoms with van der Waals surface area (Å²) in [6, 6.07) is 10.3. The van der Waals surface area contributed by atoms with Crippen molar-refractivity contribution >= 4 is 0 Å². The summed E-state index contributed by atoms with van der Waals surface area (Å²) < 4.78 is 5.81. The molecule has 2 heterocycles. The minimum atomic E-state index is 0.502. The van der Waals surface area contributed by atoms with E-state index in [0.717, 1.165) is 25.3 Å². The van der Waals surface area contributed by atoms with Gasteiger partial charge in [-0.2, -0.15) is 0 Å². The zero-order valence-corrected chi connectivity index (χ0v) is 12.6. The molecule has 20 heavy (non-hydrogen) atoms. The molecule has 1 aromatic carbocycles. The molecule has 0 spiro atoms. The van der Waals surface area contributed by atoms with Crippen molar-refractivity contribution in [2.24, 2.45) is 0 Å². The van der Waals surface area contributed by atoms with Crippen LogP contribution >= 0.6 is 0 Å². The molecule has 1 N–H and O–H groups in total. The van der Waals surface area contributed by atoms with Crippen LogP contribution in [0.1, 0.15) is 44.7 Å². The lowest BCUT2D eigenvalue weighted by Gasteiger charge is -2.39. The van der Waals surface area contributed by atoms with Crippen molar-refractivity contribution in [3.63, 3.8) is 0 Å². The molecule has 1 aromatic rings. The SMILES string of the molecule is CC(C)N(CC1CCCN1)C1CCOc2ccccc21. The Bertz CT molecular complexity index is 440. The normalized spacial score (nSPS) is 25.8. The monoisotopic (exact) mass is 274 g/mol. The van der Waals surface area contributed by atoms with Gasteiger partial charge in [0.25, 0.3) is 0 Å². The minimum absolute atomic E-state index is 0.502. The summed E-state index contributed by atoms with van der Waals surface area (Å²) in [6.45, 7) is 7.79. The fraction of sp³-hybridized carbons (Fsp3) is 0.647. The maximum atomic E-state index is 5.81. The molecule has 0 saturated carbocycles. The molecular formula is C17H26N2O. The van der Waals surface area contributed by atoms with Gasteiger partial charge in [0.15, 0.2) is 0 Å². The first-order valence-corrected chi connectivity index (χ1v) is 7.96. The van der Waals surface area contributed by atoms with Gasteiger partial charge in [-0.15, -0.1) is 0 Å². The second kappa shape index (κ2) is 6.15. The molecule has 0 aromatic heterocycles. The van der Waals surface area contributed by atoms with E-state index >= 15 is 0 Å². The molecule has 0 amide bonds. The van der Waals surface area contributed by atoms with E-state index in [1.165, 1.54) is 24.9 Å². The zero-order chi connectivity index (χ0) is 13.9. The number of para-hydroxylation sites is 1. The number of hydrogen-bond donors (Lipinski definition) is 1. The highest BCUT2D eigenvalue weighted by Crippen LogP contribution is 2.37. The van der Waals surface area contributed by atoms with Crippen LogP contribution in [0, 0.1) is 0 Å². The van der Waals surface area contributed by atoms with Crippen LogP contribution in [0.2, 0.25) is 0 Å². The molecule has 3 rings (SSSR count). The topological polar surface area (TPSA) is 24.5 Å². The summed E-state index contributed by atoms with van der Waals surface area (Å²) >= 11 is 0. The molecule has 0 radical (unpaired) electrons. The fourth-order valence-electron chi connectivity index (χ4n) is 3.53. The van der Waals surface area contributed by atoms with Crippen molar-refractivity contribution in [3.05, 3.63) is 29.8 Å². The van der Waals surface area contributed by atoms with Gasteiger partial charge in [0, 0.05) is 36.7 Å². The van der Waals surface area contributed by atoms with Crippen molar-refractivity contribution in [3.8, 4) is 5.75 Å². The van der Waals surface area contributed by atoms with Crippen LogP contribution in [0.5, 0.6) is 5.75 Å². The average Bonchev–Trinajstić information content (AvgIpc) is 2.97. The van der Waals surface area contributed by atoms with E-state index in [4.69, 9.17) is 4.74 Å². The number of benzene rings is 1. The summed E-state index contributed by atoms with van der Waals surface area (Å²) in [5.74, 6) is 1.08. The second-order valence-corrected chi connectivity index (χ2v) is 6.27. The van der Waals surface area contributed by atoms with Crippen LogP contribution in [-0.2, 0) is 0 Å². The Morgan fingerprint density at radius 2 is 2.15 bits per heavy atom. The lowest BCUT2D eigenvalue weighted by Crippen LogP contribution is -2.44. The summed E-state index contributed by atoms with van der Waals surface area (Å²) in [4.78, 5) is 2.66. The minimum Gasteiger partial charge on any atom is -0.493 e. The molecule has 1 saturated heterocycles. The maximum absolute atomic E-state index is 5.81. The van der Waals surface area contributed by atoms with E-state index in [1.807, 2.05) is 0 Å². The van der Waals surface area contributed by atoms with Gasteiger partial charge in [0.1, 0.15) is 5.75 Å². The maximum Gasteiger partial charge on any atom is 0.124 e. The third kappa shape index (κ3) is 2.84. The van der Waals surface area contributed by atoms with E-state index in [9.17, 15) is 0 Å². The highest BCUT2D eigenvalue weighted by atomic mass is 16.5. The summed E-state index contributed by atoms with van der Waals surface area (Å²) in [5, 5.41) is 3.63. The fourth-order valence-corrected chi connectivity index (χ4v) is 3.53. The predicted octanol–water partition coefficient (Wildman–Crippen LogP) is 2.97. The first kappa shape index (κ1) is 13.9. The Hall–Kier alpha value is -1.06. The van der Waals surface area contributed by atoms with Crippen molar-refractivity contribution < 1.29 is 4.74 Å². The third-order valence-electron chi connectivity index (χ3n) is 4.58. The molecule has 0 aliphatic carbocycles. The lowest BCUT2D eigenvalue weighted by molar-refractivity contribution is 0.101. The molecule has 2 atom stereocenters. The number of nitrogens with zero attached hydrogens (tertiary/aromatic N) is 1. The van der Waals surface area contributed by atoms with Gasteiger partial charge in [-0.25, -0.2) is 0 Å². The van der Waals surface area contributed by atoms with Gasteiger partial charge in [-0.05, 0) is 39.3 Å². The highest BCUT2D eigenvalue weighted by molar-refractivity contribution is 5.37. The summed E-state index contributed by atoms with van der Waals surface area (Å²) in [6.07, 6.45) is 3.73. The Kier molecular flexibility index (Phi) is 4.27. The van der Waals surface area contributed by atoms with Gasteiger partial charge in [0.2, 0.25) is 0 Å². The quantitative estimate of drug-likeness (QED) is 0.913. The van der Waals surface area contributed by atoms with Crippen molar-refractivity contribution in [2.45, 2.75) is 51.2 Å². The van der Waals surface area contributed by atoms with E-state index in [1.54, 1.807) is 0 Å². The molecule has 0 bridgehead atoms. The van der Waals surface area contributed by atoms with Crippen LogP contribution in [0.3, 0.4) is 0 Å². The molecule has 1 fully saturated rings. The molecule has 3 nitrogen and oxygen atoms in total. The van der Waals surface area contributed by atoms with E-state index in [2.05, 4.69) is 48.3 Å². The van der Waals surface area contributed by atoms with Crippen LogP contribution in [0.25, 0.3) is 0 Å². The second-order valence-electron chi connectivity index (χ2n) is 6.27. The molecule has 2 aliphatic rings. The van der Waals surface area contributed by atoms with Crippen LogP contribution in [0.15, 0.2) is 24.3 Å². The molecule has 3 heteroatoms. The van der Waals surface area contributed by atoms with Gasteiger partial charge < -0.3 is 10.1 Å². The zero-order valence-electron chi connectivity index (χ0n) is 12.6. The third-order valence-corrected chi connectivity index (χ3v) is 4.58. The number of rotatable bonds is 4. The van der Waals surface area contributed by atoms with E-state index < -0.39 is 0 Å². The Balaban J connectivity index is 1.80. The van der Waals surface area contributed by atoms with Crippen LogP contribution < -0.4 is 10.1 Å². The van der Waals surface area contributed by atoms with Gasteiger partial charge in [0.05, 0.1) is 6.61 Å². The first-order valence-electron chi connectivity index (χ1n) is 7.96. The number of nitrogens with one attached hydrogen (secondary N) is 1. The largest absolute Gasteiger partial charge is 0.493 e. The van der Waals surface area contributed by atoms with Gasteiger partial charge >= 0.3 is 0 Å². The van der Waals surface area contributed by atoms with Crippen LogP contribution in [0.4, 0.5) is 0 Å². The lowest BCUT2D eigenvalue weighted by atomic mass is 9.97. The standard InChI is InChI=1S/C17H26N2O/c1-13(2)19(12-14-6-5-10-18-14)16-9-11-20-17-8-4-3-7-15(16)17/h3-4,7-8,13-14,16,18H,5-6,9-12H2,1-2H3. The van der Waals surface area contributed by atoms with E-state index in [-0.39, 0.29) is 0 Å². The molecule has 2 aliphatic heterocycles. The summed E-state index contributed by atoms with van der Waals surface area (Å²) in [5.41, 5.74) is 1.37. The Morgan fingerprint density at radius 1 is 1.30 bits per heavy atom. The first-order chi connectivity index (χ1) is 9.75. The smallest absolute Gasteiger partial charge is 0.124 e. The van der Waals surface area contributed by atoms with Crippen molar-refractivity contribution in [1.29, 1.82) is 0 Å². The molecule has 2 unspecified atom stereocenters. The molecular weight excluding hydrogens is 248 g/mol. The summed E-state index contributed by atoms with van der Waals surface area (Å²) in [7, 11) is 0. The Labute approximate surface area is 122 Å². The molecule has 110 valence electrons. The van der Waals surface area contributed by atoms with Crippen molar-refractivity contribution in [1.82, 2.24) is 10.2 Å². The van der Waals surface area contributed by atoms with Gasteiger partial charge in [-0.1, -0.05) is 18.2 Å². The van der Waals surface area contributed by atoms with Crippen LogP contribution in [-0.4, -0.2) is 36.7 Å². The number of hydrogen-bond acceptors (Lipinski definition) is 3.